The molecule has 0 radical (unpaired) electrons. The quantitative estimate of drug-likeness (QED) is 0.731. The summed E-state index contributed by atoms with van der Waals surface area (Å²) >= 11 is 5.99. The fraction of sp³-hybridized carbons (Fsp3) is 0.636. The van der Waals surface area contributed by atoms with Crippen LogP contribution in [0.1, 0.15) is 39.0 Å². The lowest BCUT2D eigenvalue weighted by atomic mass is 9.83. The summed E-state index contributed by atoms with van der Waals surface area (Å²) < 4.78 is 1.93. The lowest BCUT2D eigenvalue weighted by Crippen LogP contribution is -2.33. The van der Waals surface area contributed by atoms with E-state index in [2.05, 4.69) is 27.2 Å². The van der Waals surface area contributed by atoms with Gasteiger partial charge in [-0.2, -0.15) is 0 Å². The molecule has 3 rings (SSSR count). The first kappa shape index (κ1) is 10.9. The summed E-state index contributed by atoms with van der Waals surface area (Å²) in [6, 6.07) is 0. The van der Waals surface area contributed by atoms with E-state index in [9.17, 15) is 0 Å². The second-order valence-corrected chi connectivity index (χ2v) is 5.25. The van der Waals surface area contributed by atoms with Crippen molar-refractivity contribution >= 4 is 22.8 Å². The molecule has 90 valence electrons. The van der Waals surface area contributed by atoms with Crippen molar-refractivity contribution in [2.75, 3.05) is 0 Å². The molecule has 0 saturated heterocycles. The minimum atomic E-state index is 0.0185. The zero-order valence-electron chi connectivity index (χ0n) is 9.73. The Balaban J connectivity index is 2.14. The normalized spacial score (nSPS) is 19.6. The van der Waals surface area contributed by atoms with E-state index in [4.69, 9.17) is 11.6 Å². The smallest absolute Gasteiger partial charge is 0.183 e. The Morgan fingerprint density at radius 2 is 2.00 bits per heavy atom. The lowest BCUT2D eigenvalue weighted by Gasteiger charge is -2.33. The molecule has 0 aliphatic heterocycles. The third-order valence-corrected chi connectivity index (χ3v) is 3.91. The molecule has 1 aliphatic rings. The maximum absolute atomic E-state index is 5.99. The summed E-state index contributed by atoms with van der Waals surface area (Å²) in [7, 11) is 0. The van der Waals surface area contributed by atoms with E-state index in [-0.39, 0.29) is 5.54 Å². The van der Waals surface area contributed by atoms with Crippen molar-refractivity contribution in [1.82, 2.24) is 25.0 Å². The fourth-order valence-electron chi connectivity index (χ4n) is 2.61. The fourth-order valence-corrected chi connectivity index (χ4v) is 2.78. The number of halogens is 1. The Bertz CT molecular complexity index is 544. The van der Waals surface area contributed by atoms with Crippen LogP contribution in [0, 0.1) is 0 Å². The van der Waals surface area contributed by atoms with Gasteiger partial charge in [-0.05, 0) is 19.8 Å². The minimum Gasteiger partial charge on any atom is -0.222 e. The zero-order chi connectivity index (χ0) is 11.9. The maximum Gasteiger partial charge on any atom is 0.183 e. The van der Waals surface area contributed by atoms with Crippen LogP contribution in [0.2, 0.25) is 5.15 Å². The number of aromatic nitrogens is 5. The highest BCUT2D eigenvalue weighted by atomic mass is 35.5. The van der Waals surface area contributed by atoms with E-state index < -0.39 is 0 Å². The third-order valence-electron chi connectivity index (χ3n) is 3.64. The van der Waals surface area contributed by atoms with Crippen LogP contribution in [0.4, 0.5) is 0 Å². The first-order valence-corrected chi connectivity index (χ1v) is 6.31. The average molecular weight is 252 g/mol. The highest BCUT2D eigenvalue weighted by Gasteiger charge is 2.32. The SMILES string of the molecule is CC1(n2nnc3c(Cl)ncnc32)CCCCC1. The molecular weight excluding hydrogens is 238 g/mol. The van der Waals surface area contributed by atoms with Gasteiger partial charge in [0.05, 0.1) is 5.54 Å². The van der Waals surface area contributed by atoms with Crippen molar-refractivity contribution < 1.29 is 0 Å². The third kappa shape index (κ3) is 1.69. The number of rotatable bonds is 1. The van der Waals surface area contributed by atoms with Gasteiger partial charge in [-0.1, -0.05) is 36.1 Å². The molecule has 0 atom stereocenters. The van der Waals surface area contributed by atoms with Gasteiger partial charge in [0.2, 0.25) is 0 Å². The van der Waals surface area contributed by atoms with Gasteiger partial charge in [-0.25, -0.2) is 14.6 Å². The van der Waals surface area contributed by atoms with Crippen molar-refractivity contribution in [2.45, 2.75) is 44.6 Å². The zero-order valence-corrected chi connectivity index (χ0v) is 10.5. The number of hydrogen-bond donors (Lipinski definition) is 0. The molecule has 2 heterocycles. The van der Waals surface area contributed by atoms with E-state index in [1.165, 1.54) is 25.6 Å². The molecular formula is C11H14ClN5. The molecule has 1 fully saturated rings. The summed E-state index contributed by atoms with van der Waals surface area (Å²) in [5.74, 6) is 0. The summed E-state index contributed by atoms with van der Waals surface area (Å²) in [5, 5.41) is 8.70. The van der Waals surface area contributed by atoms with Crippen molar-refractivity contribution in [1.29, 1.82) is 0 Å². The van der Waals surface area contributed by atoms with Crippen LogP contribution < -0.4 is 0 Å². The summed E-state index contributed by atoms with van der Waals surface area (Å²) in [5.41, 5.74) is 1.36. The second kappa shape index (κ2) is 3.91. The van der Waals surface area contributed by atoms with Crippen LogP contribution in [-0.4, -0.2) is 25.0 Å². The average Bonchev–Trinajstić information content (AvgIpc) is 2.76. The Hall–Kier alpha value is -1.23. The molecule has 2 aromatic rings. The van der Waals surface area contributed by atoms with Gasteiger partial charge in [0, 0.05) is 0 Å². The molecule has 0 spiro atoms. The van der Waals surface area contributed by atoms with Crippen LogP contribution >= 0.6 is 11.6 Å². The van der Waals surface area contributed by atoms with Crippen LogP contribution in [0.5, 0.6) is 0 Å². The van der Waals surface area contributed by atoms with E-state index in [0.717, 1.165) is 18.5 Å². The molecule has 2 aromatic heterocycles. The summed E-state index contributed by atoms with van der Waals surface area (Å²) in [6.45, 7) is 2.22. The Morgan fingerprint density at radius 1 is 1.24 bits per heavy atom. The first-order chi connectivity index (χ1) is 8.21. The molecule has 6 heteroatoms. The van der Waals surface area contributed by atoms with Crippen LogP contribution in [0.15, 0.2) is 6.33 Å². The van der Waals surface area contributed by atoms with Gasteiger partial charge in [-0.15, -0.1) is 5.10 Å². The molecule has 0 bridgehead atoms. The molecule has 0 unspecified atom stereocenters. The van der Waals surface area contributed by atoms with Crippen LogP contribution in [0.3, 0.4) is 0 Å². The largest absolute Gasteiger partial charge is 0.222 e. The van der Waals surface area contributed by atoms with Gasteiger partial charge in [0.15, 0.2) is 16.3 Å². The van der Waals surface area contributed by atoms with Gasteiger partial charge < -0.3 is 0 Å². The van der Waals surface area contributed by atoms with E-state index >= 15 is 0 Å². The van der Waals surface area contributed by atoms with Crippen molar-refractivity contribution in [2.24, 2.45) is 0 Å². The van der Waals surface area contributed by atoms with Crippen LogP contribution in [0.25, 0.3) is 11.2 Å². The van der Waals surface area contributed by atoms with E-state index in [1.807, 2.05) is 4.68 Å². The van der Waals surface area contributed by atoms with E-state index in [1.54, 1.807) is 0 Å². The molecule has 17 heavy (non-hydrogen) atoms. The van der Waals surface area contributed by atoms with Crippen LogP contribution in [-0.2, 0) is 5.54 Å². The monoisotopic (exact) mass is 251 g/mol. The predicted molar refractivity (Wildman–Crippen MR) is 64.9 cm³/mol. The summed E-state index contributed by atoms with van der Waals surface area (Å²) in [4.78, 5) is 8.19. The van der Waals surface area contributed by atoms with E-state index in [0.29, 0.717) is 10.7 Å². The Morgan fingerprint density at radius 3 is 2.76 bits per heavy atom. The number of fused-ring (bicyclic) bond motifs is 1. The highest BCUT2D eigenvalue weighted by Crippen LogP contribution is 2.35. The first-order valence-electron chi connectivity index (χ1n) is 5.93. The maximum atomic E-state index is 5.99. The van der Waals surface area contributed by atoms with Gasteiger partial charge in [-0.3, -0.25) is 0 Å². The molecule has 1 aliphatic carbocycles. The predicted octanol–water partition coefficient (Wildman–Crippen LogP) is 2.55. The van der Waals surface area contributed by atoms with Gasteiger partial charge in [0.25, 0.3) is 0 Å². The molecule has 0 aromatic carbocycles. The molecule has 1 saturated carbocycles. The van der Waals surface area contributed by atoms with Crippen molar-refractivity contribution in [3.63, 3.8) is 0 Å². The highest BCUT2D eigenvalue weighted by molar-refractivity contribution is 6.33. The van der Waals surface area contributed by atoms with Crippen molar-refractivity contribution in [3.8, 4) is 0 Å². The van der Waals surface area contributed by atoms with Crippen molar-refractivity contribution in [3.05, 3.63) is 11.5 Å². The standard InChI is InChI=1S/C11H14ClN5/c1-11(5-3-2-4-6-11)17-10-8(15-16-17)9(12)13-7-14-10/h7H,2-6H2,1H3. The number of hydrogen-bond acceptors (Lipinski definition) is 4. The second-order valence-electron chi connectivity index (χ2n) is 4.90. The Labute approximate surface area is 104 Å². The van der Waals surface area contributed by atoms with Gasteiger partial charge in [0.1, 0.15) is 6.33 Å². The van der Waals surface area contributed by atoms with Gasteiger partial charge >= 0.3 is 0 Å². The lowest BCUT2D eigenvalue weighted by molar-refractivity contribution is 0.200. The molecule has 0 amide bonds. The Kier molecular flexibility index (Phi) is 2.50. The topological polar surface area (TPSA) is 56.5 Å². The number of nitrogens with zero attached hydrogens (tertiary/aromatic N) is 5. The molecule has 5 nitrogen and oxygen atoms in total. The minimum absolute atomic E-state index is 0.0185. The molecule has 0 N–H and O–H groups in total. The summed E-state index contributed by atoms with van der Waals surface area (Å²) in [6.07, 6.45) is 7.47.